The Morgan fingerprint density at radius 3 is 2.45 bits per heavy atom. The Balaban J connectivity index is 2.43. The number of carbonyl (C=O) groups excluding carboxylic acids is 1. The van der Waals surface area contributed by atoms with Gasteiger partial charge in [0.05, 0.1) is 0 Å². The summed E-state index contributed by atoms with van der Waals surface area (Å²) in [5.74, 6) is -0.312. The number of rotatable bonds is 10. The minimum absolute atomic E-state index is 0.0326. The van der Waals surface area contributed by atoms with Crippen LogP contribution < -0.4 is 21.9 Å². The number of H-pyrrole nitrogens is 1. The van der Waals surface area contributed by atoms with E-state index in [1.54, 1.807) is 6.08 Å². The van der Waals surface area contributed by atoms with Gasteiger partial charge >= 0.3 is 5.69 Å². The maximum atomic E-state index is 13.0. The van der Waals surface area contributed by atoms with E-state index in [2.05, 4.69) is 11.9 Å². The highest BCUT2D eigenvalue weighted by Gasteiger charge is 2.22. The molecule has 29 heavy (non-hydrogen) atoms. The normalized spacial score (nSPS) is 11.1. The highest BCUT2D eigenvalue weighted by molar-refractivity contribution is 6.05. The number of nitrogens with one attached hydrogen (secondary N) is 1. The zero-order chi connectivity index (χ0) is 21.2. The molecule has 1 amide bonds. The summed E-state index contributed by atoms with van der Waals surface area (Å²) in [5.41, 5.74) is 5.93. The lowest BCUT2D eigenvalue weighted by molar-refractivity contribution is -0.114. The molecular formula is C22H30N4O3. The molecular weight excluding hydrogens is 368 g/mol. The van der Waals surface area contributed by atoms with Crippen molar-refractivity contribution in [2.24, 2.45) is 0 Å². The average molecular weight is 399 g/mol. The van der Waals surface area contributed by atoms with Crippen LogP contribution in [0.4, 0.5) is 11.5 Å². The van der Waals surface area contributed by atoms with Crippen molar-refractivity contribution in [3.63, 3.8) is 0 Å². The number of hydrogen-bond donors (Lipinski definition) is 2. The van der Waals surface area contributed by atoms with E-state index in [-0.39, 0.29) is 17.4 Å². The first-order valence-electron chi connectivity index (χ1n) is 10.2. The number of nitrogen functional groups attached to an aromatic ring is 1. The van der Waals surface area contributed by atoms with E-state index < -0.39 is 11.2 Å². The number of aromatic nitrogens is 2. The SMILES string of the molecule is CCCCCN(C(=O)/C=C/c1ccccc1)c1c(N)n(CCCC)c(=O)[nH]c1=O. The third-order valence-electron chi connectivity index (χ3n) is 4.69. The summed E-state index contributed by atoms with van der Waals surface area (Å²) in [7, 11) is 0. The van der Waals surface area contributed by atoms with Gasteiger partial charge in [0, 0.05) is 19.2 Å². The van der Waals surface area contributed by atoms with Crippen molar-refractivity contribution >= 4 is 23.5 Å². The minimum Gasteiger partial charge on any atom is -0.383 e. The molecule has 2 rings (SSSR count). The van der Waals surface area contributed by atoms with Gasteiger partial charge in [-0.2, -0.15) is 0 Å². The largest absolute Gasteiger partial charge is 0.383 e. The van der Waals surface area contributed by atoms with Crippen molar-refractivity contribution in [3.05, 3.63) is 62.8 Å². The molecule has 0 fully saturated rings. The molecule has 0 saturated heterocycles. The van der Waals surface area contributed by atoms with Gasteiger partial charge in [-0.15, -0.1) is 0 Å². The van der Waals surface area contributed by atoms with E-state index in [9.17, 15) is 14.4 Å². The van der Waals surface area contributed by atoms with Crippen LogP contribution in [0.2, 0.25) is 0 Å². The Bertz CT molecular complexity index is 945. The fourth-order valence-corrected chi connectivity index (χ4v) is 3.05. The van der Waals surface area contributed by atoms with Crippen LogP contribution in [0.25, 0.3) is 6.08 Å². The maximum absolute atomic E-state index is 13.0. The molecule has 2 aromatic rings. The lowest BCUT2D eigenvalue weighted by atomic mass is 10.2. The van der Waals surface area contributed by atoms with Gasteiger partial charge in [-0.3, -0.25) is 19.1 Å². The van der Waals surface area contributed by atoms with Gasteiger partial charge < -0.3 is 10.6 Å². The third kappa shape index (κ3) is 5.94. The summed E-state index contributed by atoms with van der Waals surface area (Å²) in [4.78, 5) is 41.4. The standard InChI is InChI=1S/C22H30N4O3/c1-3-5-10-16-25(18(27)14-13-17-11-8-7-9-12-17)19-20(23)26(15-6-4-2)22(29)24-21(19)28/h7-9,11-14H,3-6,10,15-16,23H2,1-2H3,(H,24,28,29)/b14-13+. The zero-order valence-corrected chi connectivity index (χ0v) is 17.2. The second-order valence-corrected chi connectivity index (χ2v) is 6.94. The molecule has 0 atom stereocenters. The Morgan fingerprint density at radius 1 is 1.10 bits per heavy atom. The third-order valence-corrected chi connectivity index (χ3v) is 4.69. The van der Waals surface area contributed by atoms with Crippen molar-refractivity contribution in [1.29, 1.82) is 0 Å². The van der Waals surface area contributed by atoms with Crippen LogP contribution in [0.5, 0.6) is 0 Å². The van der Waals surface area contributed by atoms with Gasteiger partial charge in [0.25, 0.3) is 11.5 Å². The summed E-state index contributed by atoms with van der Waals surface area (Å²) < 4.78 is 1.33. The van der Waals surface area contributed by atoms with Gasteiger partial charge in [0.1, 0.15) is 5.82 Å². The Morgan fingerprint density at radius 2 is 1.79 bits per heavy atom. The van der Waals surface area contributed by atoms with Gasteiger partial charge in [-0.1, -0.05) is 63.4 Å². The number of unbranched alkanes of at least 4 members (excludes halogenated alkanes) is 3. The highest BCUT2D eigenvalue weighted by atomic mass is 16.2. The van der Waals surface area contributed by atoms with Crippen LogP contribution in [-0.4, -0.2) is 22.0 Å². The van der Waals surface area contributed by atoms with E-state index in [4.69, 9.17) is 5.73 Å². The lowest BCUT2D eigenvalue weighted by Gasteiger charge is -2.23. The number of benzene rings is 1. The molecule has 0 spiro atoms. The second kappa shape index (κ2) is 11.0. The van der Waals surface area contributed by atoms with Gasteiger partial charge in [0.2, 0.25) is 0 Å². The number of carbonyl (C=O) groups is 1. The molecule has 0 bridgehead atoms. The topological polar surface area (TPSA) is 101 Å². The Kier molecular flexibility index (Phi) is 8.45. The minimum atomic E-state index is -0.641. The molecule has 1 heterocycles. The molecule has 1 aromatic heterocycles. The van der Waals surface area contributed by atoms with E-state index >= 15 is 0 Å². The van der Waals surface area contributed by atoms with E-state index in [1.165, 1.54) is 15.5 Å². The number of anilines is 2. The summed E-state index contributed by atoms with van der Waals surface area (Å²) in [6, 6.07) is 9.44. The van der Waals surface area contributed by atoms with Crippen molar-refractivity contribution in [2.45, 2.75) is 52.5 Å². The number of amides is 1. The molecule has 0 radical (unpaired) electrons. The summed E-state index contributed by atoms with van der Waals surface area (Å²) >= 11 is 0. The first kappa shape index (κ1) is 22.2. The number of nitrogens with two attached hydrogens (primary N) is 1. The molecule has 3 N–H and O–H groups in total. The van der Waals surface area contributed by atoms with E-state index in [1.807, 2.05) is 37.3 Å². The van der Waals surface area contributed by atoms with Gasteiger partial charge in [-0.05, 0) is 24.5 Å². The van der Waals surface area contributed by atoms with Crippen LogP contribution in [0.1, 0.15) is 51.5 Å². The first-order valence-corrected chi connectivity index (χ1v) is 10.2. The van der Waals surface area contributed by atoms with Crippen LogP contribution >= 0.6 is 0 Å². The fourth-order valence-electron chi connectivity index (χ4n) is 3.05. The molecule has 1 aromatic carbocycles. The van der Waals surface area contributed by atoms with Crippen molar-refractivity contribution < 1.29 is 4.79 Å². The van der Waals surface area contributed by atoms with Crippen molar-refractivity contribution in [3.8, 4) is 0 Å². The van der Waals surface area contributed by atoms with Crippen LogP contribution in [0.15, 0.2) is 46.0 Å². The molecule has 7 nitrogen and oxygen atoms in total. The predicted molar refractivity (Wildman–Crippen MR) is 118 cm³/mol. The van der Waals surface area contributed by atoms with E-state index in [0.717, 1.165) is 37.7 Å². The van der Waals surface area contributed by atoms with Gasteiger partial charge in [0.15, 0.2) is 5.69 Å². The van der Waals surface area contributed by atoms with Crippen LogP contribution in [-0.2, 0) is 11.3 Å². The molecule has 0 aliphatic rings. The van der Waals surface area contributed by atoms with Gasteiger partial charge in [-0.25, -0.2) is 4.79 Å². The quantitative estimate of drug-likeness (QED) is 0.474. The molecule has 0 aliphatic heterocycles. The number of nitrogens with zero attached hydrogens (tertiary/aromatic N) is 2. The molecule has 0 aliphatic carbocycles. The van der Waals surface area contributed by atoms with Crippen molar-refractivity contribution in [2.75, 3.05) is 17.2 Å². The Labute approximate surface area is 170 Å². The molecule has 0 saturated carbocycles. The van der Waals surface area contributed by atoms with E-state index in [0.29, 0.717) is 13.1 Å². The zero-order valence-electron chi connectivity index (χ0n) is 17.2. The monoisotopic (exact) mass is 398 g/mol. The molecule has 0 unspecified atom stereocenters. The Hall–Kier alpha value is -3.09. The summed E-state index contributed by atoms with van der Waals surface area (Å²) in [6.45, 7) is 4.81. The fraction of sp³-hybridized carbons (Fsp3) is 0.409. The molecule has 7 heteroatoms. The first-order chi connectivity index (χ1) is 14.0. The van der Waals surface area contributed by atoms with Crippen molar-refractivity contribution in [1.82, 2.24) is 9.55 Å². The summed E-state index contributed by atoms with van der Waals surface area (Å²) in [5, 5.41) is 0. The lowest BCUT2D eigenvalue weighted by Crippen LogP contribution is -2.41. The predicted octanol–water partition coefficient (Wildman–Crippen LogP) is 3.16. The summed E-state index contributed by atoms with van der Waals surface area (Å²) in [6.07, 6.45) is 7.37. The second-order valence-electron chi connectivity index (χ2n) is 6.94. The average Bonchev–Trinajstić information content (AvgIpc) is 2.71. The maximum Gasteiger partial charge on any atom is 0.330 e. The number of aromatic amines is 1. The smallest absolute Gasteiger partial charge is 0.330 e. The van der Waals surface area contributed by atoms with Crippen LogP contribution in [0.3, 0.4) is 0 Å². The molecule has 156 valence electrons. The number of hydrogen-bond acceptors (Lipinski definition) is 4. The van der Waals surface area contributed by atoms with Crippen LogP contribution in [0, 0.1) is 0 Å². The highest BCUT2D eigenvalue weighted by Crippen LogP contribution is 2.19.